The van der Waals surface area contributed by atoms with E-state index in [4.69, 9.17) is 4.74 Å². The van der Waals surface area contributed by atoms with E-state index in [1.54, 1.807) is 12.1 Å². The summed E-state index contributed by atoms with van der Waals surface area (Å²) in [5, 5.41) is 8.57. The molecule has 0 spiro atoms. The molecule has 1 aromatic rings. The molecule has 1 aromatic carbocycles. The smallest absolute Gasteiger partial charge is 0.185 e. The Bertz CT molecular complexity index is 625. The highest BCUT2D eigenvalue weighted by atomic mass is 32.2. The highest BCUT2D eigenvalue weighted by Crippen LogP contribution is 2.24. The fourth-order valence-electron chi connectivity index (χ4n) is 1.80. The second-order valence-corrected chi connectivity index (χ2v) is 6.23. The quantitative estimate of drug-likeness (QED) is 0.860. The van der Waals surface area contributed by atoms with E-state index in [2.05, 4.69) is 6.58 Å². The lowest BCUT2D eigenvalue weighted by Gasteiger charge is -2.15. The zero-order valence-corrected chi connectivity index (χ0v) is 13.0. The number of hydrogen-bond acceptors (Lipinski definition) is 4. The summed E-state index contributed by atoms with van der Waals surface area (Å²) in [6.45, 7) is 7.43. The van der Waals surface area contributed by atoms with E-state index < -0.39 is 15.1 Å². The molecule has 0 aromatic heterocycles. The van der Waals surface area contributed by atoms with Gasteiger partial charge in [-0.15, -0.1) is 0 Å². The molecule has 0 saturated carbocycles. The van der Waals surface area contributed by atoms with Crippen molar-refractivity contribution >= 4 is 9.84 Å². The molecule has 1 unspecified atom stereocenters. The molecule has 0 aliphatic heterocycles. The summed E-state index contributed by atoms with van der Waals surface area (Å²) in [7, 11) is -3.44. The maximum atomic E-state index is 12.3. The number of sulfone groups is 1. The van der Waals surface area contributed by atoms with Gasteiger partial charge in [-0.3, -0.25) is 0 Å². The molecule has 0 saturated heterocycles. The van der Waals surface area contributed by atoms with Crippen LogP contribution in [0, 0.1) is 0 Å². The first-order valence-corrected chi connectivity index (χ1v) is 8.27. The molecule has 1 aliphatic carbocycles. The lowest BCUT2D eigenvalue weighted by Crippen LogP contribution is -2.20. The summed E-state index contributed by atoms with van der Waals surface area (Å²) < 4.78 is 29.7. The Morgan fingerprint density at radius 1 is 1.29 bits per heavy atom. The Morgan fingerprint density at radius 3 is 2.38 bits per heavy atom. The van der Waals surface area contributed by atoms with Crippen molar-refractivity contribution in [1.29, 1.82) is 0 Å². The average Bonchev–Trinajstić information content (AvgIpc) is 2.51. The van der Waals surface area contributed by atoms with Gasteiger partial charge >= 0.3 is 0 Å². The molecule has 4 nitrogen and oxygen atoms in total. The summed E-state index contributed by atoms with van der Waals surface area (Å²) in [4.78, 5) is 0.230. The van der Waals surface area contributed by atoms with Crippen molar-refractivity contribution in [2.45, 2.75) is 30.4 Å². The van der Waals surface area contributed by atoms with Crippen LogP contribution in [0.1, 0.15) is 20.3 Å². The van der Waals surface area contributed by atoms with Crippen LogP contribution in [0.15, 0.2) is 66.0 Å². The first-order valence-electron chi connectivity index (χ1n) is 6.73. The minimum absolute atomic E-state index is 0.0983. The number of rotatable bonds is 4. The Kier molecular flexibility index (Phi) is 6.24. The minimum Gasteiger partial charge on any atom is -0.508 e. The van der Waals surface area contributed by atoms with Crippen LogP contribution in [-0.2, 0) is 9.84 Å². The van der Waals surface area contributed by atoms with Crippen molar-refractivity contribution in [2.24, 2.45) is 0 Å². The molecule has 2 rings (SSSR count). The molecule has 0 fully saturated rings. The predicted octanol–water partition coefficient (Wildman–Crippen LogP) is 3.78. The standard InChI is InChI=1S/C14H14O4S.C2H6/c1-2-18-12-5-9-14(10-6-12)19(16,17)13-7-3-11(15)4-8-13;1-2/h2-7,9-10,13,15H,1,8H2;1-2H3. The Morgan fingerprint density at radius 2 is 1.90 bits per heavy atom. The van der Waals surface area contributed by atoms with Crippen molar-refractivity contribution in [3.05, 3.63) is 61.1 Å². The molecule has 1 N–H and O–H groups in total. The highest BCUT2D eigenvalue weighted by molar-refractivity contribution is 7.92. The Balaban J connectivity index is 0.00000106. The van der Waals surface area contributed by atoms with E-state index in [1.165, 1.54) is 36.6 Å². The van der Waals surface area contributed by atoms with Crippen LogP contribution >= 0.6 is 0 Å². The molecule has 114 valence electrons. The molecular formula is C16H20O4S. The largest absolute Gasteiger partial charge is 0.508 e. The van der Waals surface area contributed by atoms with Crippen molar-refractivity contribution < 1.29 is 18.3 Å². The molecule has 0 heterocycles. The van der Waals surface area contributed by atoms with E-state index in [0.29, 0.717) is 5.75 Å². The Hall–Kier alpha value is -2.01. The first kappa shape index (κ1) is 17.0. The number of aliphatic hydroxyl groups is 1. The van der Waals surface area contributed by atoms with Gasteiger partial charge in [-0.05, 0) is 42.8 Å². The number of benzene rings is 1. The maximum absolute atomic E-state index is 12.3. The lowest BCUT2D eigenvalue weighted by atomic mass is 10.2. The second-order valence-electron chi connectivity index (χ2n) is 4.06. The van der Waals surface area contributed by atoms with Crippen LogP contribution in [-0.4, -0.2) is 18.8 Å². The molecule has 0 amide bonds. The van der Waals surface area contributed by atoms with Gasteiger partial charge < -0.3 is 9.84 Å². The van der Waals surface area contributed by atoms with Crippen LogP contribution in [0.3, 0.4) is 0 Å². The minimum atomic E-state index is -3.44. The number of allylic oxidation sites excluding steroid dienone is 2. The van der Waals surface area contributed by atoms with Crippen molar-refractivity contribution in [3.8, 4) is 5.75 Å². The van der Waals surface area contributed by atoms with Gasteiger partial charge in [0.1, 0.15) is 11.5 Å². The van der Waals surface area contributed by atoms with E-state index in [-0.39, 0.29) is 17.1 Å². The van der Waals surface area contributed by atoms with Crippen LogP contribution in [0.4, 0.5) is 0 Å². The van der Waals surface area contributed by atoms with Gasteiger partial charge in [0.15, 0.2) is 9.84 Å². The molecular weight excluding hydrogens is 288 g/mol. The van der Waals surface area contributed by atoms with Gasteiger partial charge in [0, 0.05) is 0 Å². The summed E-state index contributed by atoms with van der Waals surface area (Å²) in [5.74, 6) is 0.631. The fraction of sp³-hybridized carbons (Fsp3) is 0.250. The zero-order valence-electron chi connectivity index (χ0n) is 12.2. The third-order valence-corrected chi connectivity index (χ3v) is 4.89. The topological polar surface area (TPSA) is 63.6 Å². The van der Waals surface area contributed by atoms with E-state index >= 15 is 0 Å². The monoisotopic (exact) mass is 308 g/mol. The van der Waals surface area contributed by atoms with Gasteiger partial charge in [0.25, 0.3) is 0 Å². The molecule has 1 atom stereocenters. The van der Waals surface area contributed by atoms with E-state index in [9.17, 15) is 13.5 Å². The van der Waals surface area contributed by atoms with E-state index in [1.807, 2.05) is 13.8 Å². The van der Waals surface area contributed by atoms with Crippen molar-refractivity contribution in [3.63, 3.8) is 0 Å². The summed E-state index contributed by atoms with van der Waals surface area (Å²) >= 11 is 0. The average molecular weight is 308 g/mol. The highest BCUT2D eigenvalue weighted by Gasteiger charge is 2.26. The van der Waals surface area contributed by atoms with Crippen LogP contribution in [0.5, 0.6) is 5.75 Å². The molecule has 5 heteroatoms. The summed E-state index contributed by atoms with van der Waals surface area (Å²) in [6, 6.07) is 6.16. The lowest BCUT2D eigenvalue weighted by molar-refractivity contribution is 0.426. The van der Waals surface area contributed by atoms with Gasteiger partial charge in [0.2, 0.25) is 0 Å². The SMILES string of the molecule is C=COc1ccc(S(=O)(=O)C2C=CC(O)=CC2)cc1.CC. The maximum Gasteiger partial charge on any atom is 0.185 e. The van der Waals surface area contributed by atoms with Crippen LogP contribution in [0.2, 0.25) is 0 Å². The number of aliphatic hydroxyl groups excluding tert-OH is 1. The zero-order chi connectivity index (χ0) is 15.9. The van der Waals surface area contributed by atoms with E-state index in [0.717, 1.165) is 0 Å². The fourth-order valence-corrected chi connectivity index (χ4v) is 3.30. The van der Waals surface area contributed by atoms with Gasteiger partial charge in [0.05, 0.1) is 16.4 Å². The number of hydrogen-bond donors (Lipinski definition) is 1. The normalized spacial score (nSPS) is 17.2. The summed E-state index contributed by atoms with van der Waals surface area (Å²) in [5.41, 5.74) is 0. The molecule has 0 bridgehead atoms. The van der Waals surface area contributed by atoms with Gasteiger partial charge in [-0.1, -0.05) is 26.5 Å². The summed E-state index contributed by atoms with van der Waals surface area (Å²) in [6.07, 6.45) is 5.95. The second kappa shape index (κ2) is 7.69. The molecule has 21 heavy (non-hydrogen) atoms. The third kappa shape index (κ3) is 4.23. The van der Waals surface area contributed by atoms with Crippen LogP contribution in [0.25, 0.3) is 0 Å². The predicted molar refractivity (Wildman–Crippen MR) is 84.1 cm³/mol. The van der Waals surface area contributed by atoms with Crippen molar-refractivity contribution in [2.75, 3.05) is 0 Å². The van der Waals surface area contributed by atoms with Gasteiger partial charge in [-0.25, -0.2) is 8.42 Å². The third-order valence-electron chi connectivity index (χ3n) is 2.81. The van der Waals surface area contributed by atoms with Crippen LogP contribution < -0.4 is 4.74 Å². The van der Waals surface area contributed by atoms with Gasteiger partial charge in [-0.2, -0.15) is 0 Å². The molecule has 1 aliphatic rings. The number of ether oxygens (including phenoxy) is 1. The van der Waals surface area contributed by atoms with Crippen molar-refractivity contribution in [1.82, 2.24) is 0 Å². The Labute approximate surface area is 126 Å². The first-order chi connectivity index (χ1) is 10.0. The molecule has 0 radical (unpaired) electrons.